The van der Waals surface area contributed by atoms with E-state index in [0.29, 0.717) is 23.8 Å². The van der Waals surface area contributed by atoms with E-state index in [9.17, 15) is 15.0 Å². The van der Waals surface area contributed by atoms with Crippen LogP contribution in [0.5, 0.6) is 0 Å². The number of aliphatic hydroxyl groups is 2. The zero-order valence-electron chi connectivity index (χ0n) is 18.9. The van der Waals surface area contributed by atoms with E-state index in [1.807, 2.05) is 0 Å². The fourth-order valence-electron chi connectivity index (χ4n) is 9.82. The van der Waals surface area contributed by atoms with Gasteiger partial charge in [-0.05, 0) is 79.6 Å². The Labute approximate surface area is 184 Å². The summed E-state index contributed by atoms with van der Waals surface area (Å²) in [6, 6.07) is 0. The molecule has 0 amide bonds. The highest BCUT2D eigenvalue weighted by atomic mass is 16.5. The molecule has 6 aliphatic rings. The van der Waals surface area contributed by atoms with E-state index in [1.165, 1.54) is 18.4 Å². The number of carbonyl (C=O) groups is 1. The van der Waals surface area contributed by atoms with E-state index in [0.717, 1.165) is 58.4 Å². The van der Waals surface area contributed by atoms with Gasteiger partial charge in [-0.15, -0.1) is 0 Å². The average molecular weight is 429 g/mol. The summed E-state index contributed by atoms with van der Waals surface area (Å²) in [6.45, 7) is 7.93. The van der Waals surface area contributed by atoms with Crippen molar-refractivity contribution in [3.63, 3.8) is 0 Å². The van der Waals surface area contributed by atoms with Gasteiger partial charge in [-0.2, -0.15) is 0 Å². The highest BCUT2D eigenvalue weighted by Crippen LogP contribution is 2.75. The number of rotatable bonds is 0. The molecule has 2 aliphatic heterocycles. The van der Waals surface area contributed by atoms with Crippen LogP contribution in [0.1, 0.15) is 58.8 Å². The maximum Gasteiger partial charge on any atom is 0.184 e. The number of aliphatic hydroxyl groups excluding tert-OH is 2. The Hall–Kier alpha value is -1.17. The zero-order chi connectivity index (χ0) is 21.6. The minimum atomic E-state index is -0.400. The standard InChI is InChI=1S/C26H36O5/c1-23-10-16(12-27)20(28)9-17(23)3-4-18-19-5-6-26(24(19,2)11-21(29)22(18)23)15-31-14-25(26)7-8-30-13-25/h9,12,18-19,21-22,27,29H,3-8,10-11,13-15H2,1-2H3/b16-12-/t18?,19?,21?,22?,23-,24-,25?,26+/m0/s1. The van der Waals surface area contributed by atoms with E-state index in [1.54, 1.807) is 6.08 Å². The van der Waals surface area contributed by atoms with Crippen molar-refractivity contribution < 1.29 is 24.5 Å². The average Bonchev–Trinajstić information content (AvgIpc) is 3.42. The molecule has 6 rings (SSSR count). The molecule has 4 aliphatic carbocycles. The van der Waals surface area contributed by atoms with Gasteiger partial charge in [0.2, 0.25) is 0 Å². The van der Waals surface area contributed by atoms with Crippen LogP contribution in [0.25, 0.3) is 0 Å². The molecule has 170 valence electrons. The van der Waals surface area contributed by atoms with Crippen molar-refractivity contribution in [2.24, 2.45) is 39.4 Å². The molecule has 0 aromatic carbocycles. The van der Waals surface area contributed by atoms with Crippen LogP contribution in [-0.4, -0.2) is 48.5 Å². The molecule has 5 nitrogen and oxygen atoms in total. The van der Waals surface area contributed by atoms with Crippen LogP contribution >= 0.6 is 0 Å². The van der Waals surface area contributed by atoms with Gasteiger partial charge in [-0.25, -0.2) is 0 Å². The Morgan fingerprint density at radius 3 is 2.68 bits per heavy atom. The number of allylic oxidation sites excluding steroid dienone is 2. The van der Waals surface area contributed by atoms with E-state index < -0.39 is 6.10 Å². The topological polar surface area (TPSA) is 76.0 Å². The van der Waals surface area contributed by atoms with Crippen LogP contribution < -0.4 is 0 Å². The molecule has 3 saturated carbocycles. The Kier molecular flexibility index (Phi) is 4.25. The third-order valence-electron chi connectivity index (χ3n) is 11.2. The van der Waals surface area contributed by atoms with Gasteiger partial charge < -0.3 is 19.7 Å². The second kappa shape index (κ2) is 6.45. The summed E-state index contributed by atoms with van der Waals surface area (Å²) in [5, 5.41) is 21.4. The predicted molar refractivity (Wildman–Crippen MR) is 115 cm³/mol. The number of hydrogen-bond acceptors (Lipinski definition) is 5. The van der Waals surface area contributed by atoms with E-state index in [4.69, 9.17) is 9.47 Å². The highest BCUT2D eigenvalue weighted by molar-refractivity contribution is 6.05. The summed E-state index contributed by atoms with van der Waals surface area (Å²) in [5.74, 6) is 1.09. The number of hydrogen-bond donors (Lipinski definition) is 2. The second-order valence-electron chi connectivity index (χ2n) is 12.0. The first-order valence-corrected chi connectivity index (χ1v) is 12.2. The van der Waals surface area contributed by atoms with Gasteiger partial charge in [-0.3, -0.25) is 4.79 Å². The minimum Gasteiger partial charge on any atom is -0.515 e. The fourth-order valence-corrected chi connectivity index (χ4v) is 9.82. The summed E-state index contributed by atoms with van der Waals surface area (Å²) in [7, 11) is 0. The first-order chi connectivity index (χ1) is 14.8. The van der Waals surface area contributed by atoms with Gasteiger partial charge in [0.05, 0.1) is 32.2 Å². The third kappa shape index (κ3) is 2.31. The van der Waals surface area contributed by atoms with Crippen molar-refractivity contribution >= 4 is 5.78 Å². The van der Waals surface area contributed by atoms with Crippen molar-refractivity contribution in [2.75, 3.05) is 26.4 Å². The normalized spacial score (nSPS) is 54.9. The smallest absolute Gasteiger partial charge is 0.184 e. The van der Waals surface area contributed by atoms with Gasteiger partial charge in [0.25, 0.3) is 0 Å². The quantitative estimate of drug-likeness (QED) is 0.451. The molecule has 5 unspecified atom stereocenters. The van der Waals surface area contributed by atoms with Crippen LogP contribution in [-0.2, 0) is 14.3 Å². The molecule has 0 bridgehead atoms. The fraction of sp³-hybridized carbons (Fsp3) is 0.808. The van der Waals surface area contributed by atoms with E-state index in [2.05, 4.69) is 13.8 Å². The molecule has 5 heteroatoms. The van der Waals surface area contributed by atoms with Crippen LogP contribution in [0.2, 0.25) is 0 Å². The zero-order valence-corrected chi connectivity index (χ0v) is 18.9. The molecule has 2 N–H and O–H groups in total. The Bertz CT molecular complexity index is 864. The molecule has 2 spiro atoms. The van der Waals surface area contributed by atoms with Crippen molar-refractivity contribution in [1.29, 1.82) is 0 Å². The lowest BCUT2D eigenvalue weighted by atomic mass is 9.42. The molecular formula is C26H36O5. The molecule has 0 aromatic heterocycles. The Balaban J connectivity index is 1.41. The van der Waals surface area contributed by atoms with Crippen LogP contribution in [0.15, 0.2) is 23.5 Å². The van der Waals surface area contributed by atoms with Crippen LogP contribution in [0, 0.1) is 39.4 Å². The molecule has 0 radical (unpaired) electrons. The molecule has 2 heterocycles. The molecule has 2 saturated heterocycles. The van der Waals surface area contributed by atoms with Crippen molar-refractivity contribution in [1.82, 2.24) is 0 Å². The number of fused-ring (bicyclic) bond motifs is 7. The number of ether oxygens (including phenoxy) is 2. The van der Waals surface area contributed by atoms with Crippen LogP contribution in [0.3, 0.4) is 0 Å². The van der Waals surface area contributed by atoms with Crippen LogP contribution in [0.4, 0.5) is 0 Å². The molecule has 8 atom stereocenters. The lowest BCUT2D eigenvalue weighted by Gasteiger charge is -2.62. The lowest BCUT2D eigenvalue weighted by Crippen LogP contribution is -2.61. The Morgan fingerprint density at radius 2 is 1.94 bits per heavy atom. The van der Waals surface area contributed by atoms with Gasteiger partial charge in [0.1, 0.15) is 0 Å². The van der Waals surface area contributed by atoms with Gasteiger partial charge in [0, 0.05) is 23.0 Å². The monoisotopic (exact) mass is 428 g/mol. The van der Waals surface area contributed by atoms with Crippen molar-refractivity contribution in [2.45, 2.75) is 64.9 Å². The van der Waals surface area contributed by atoms with Crippen molar-refractivity contribution in [3.05, 3.63) is 23.5 Å². The summed E-state index contributed by atoms with van der Waals surface area (Å²) < 4.78 is 12.1. The summed E-state index contributed by atoms with van der Waals surface area (Å²) in [4.78, 5) is 12.4. The van der Waals surface area contributed by atoms with E-state index in [-0.39, 0.29) is 33.4 Å². The first-order valence-electron chi connectivity index (χ1n) is 12.2. The number of ketones is 1. The SMILES string of the molecule is C[C@]12C/C(=C/O)C(=O)C=C1CCC1C2C(O)C[C@@]2(C)C1CC[C@@]21COCC12CCOC2. The molecular weight excluding hydrogens is 392 g/mol. The van der Waals surface area contributed by atoms with Gasteiger partial charge >= 0.3 is 0 Å². The summed E-state index contributed by atoms with van der Waals surface area (Å²) in [5.41, 5.74) is 1.68. The van der Waals surface area contributed by atoms with Gasteiger partial charge in [-0.1, -0.05) is 19.4 Å². The second-order valence-corrected chi connectivity index (χ2v) is 12.0. The minimum absolute atomic E-state index is 0.0511. The summed E-state index contributed by atoms with van der Waals surface area (Å²) >= 11 is 0. The Morgan fingerprint density at radius 1 is 1.13 bits per heavy atom. The lowest BCUT2D eigenvalue weighted by molar-refractivity contribution is -0.162. The third-order valence-corrected chi connectivity index (χ3v) is 11.2. The first kappa shape index (κ1) is 20.4. The largest absolute Gasteiger partial charge is 0.515 e. The number of carbonyl (C=O) groups excluding carboxylic acids is 1. The summed E-state index contributed by atoms with van der Waals surface area (Å²) in [6.07, 6.45) is 9.14. The van der Waals surface area contributed by atoms with Gasteiger partial charge in [0.15, 0.2) is 5.78 Å². The highest BCUT2D eigenvalue weighted by Gasteiger charge is 2.73. The van der Waals surface area contributed by atoms with Crippen molar-refractivity contribution in [3.8, 4) is 0 Å². The maximum absolute atomic E-state index is 12.4. The molecule has 0 aromatic rings. The predicted octanol–water partition coefficient (Wildman–Crippen LogP) is 3.96. The molecule has 5 fully saturated rings. The molecule has 31 heavy (non-hydrogen) atoms. The maximum atomic E-state index is 12.4. The van der Waals surface area contributed by atoms with E-state index >= 15 is 0 Å².